The van der Waals surface area contributed by atoms with Gasteiger partial charge < -0.3 is 10.1 Å². The minimum atomic E-state index is -3.14. The summed E-state index contributed by atoms with van der Waals surface area (Å²) in [6.45, 7) is -0.939. The molecule has 0 unspecified atom stereocenters. The Kier molecular flexibility index (Phi) is 4.76. The predicted octanol–water partition coefficient (Wildman–Crippen LogP) is 3.03. The molecule has 0 saturated heterocycles. The SMILES string of the molecule is O=C(NC1CCCCC1)OCC(F)(F)Br. The van der Waals surface area contributed by atoms with Crippen molar-refractivity contribution in [3.63, 3.8) is 0 Å². The van der Waals surface area contributed by atoms with Crippen molar-refractivity contribution in [2.75, 3.05) is 6.61 Å². The van der Waals surface area contributed by atoms with Gasteiger partial charge in [0.2, 0.25) is 0 Å². The Hall–Kier alpha value is -0.390. The van der Waals surface area contributed by atoms with Crippen molar-refractivity contribution >= 4 is 22.0 Å². The van der Waals surface area contributed by atoms with Crippen molar-refractivity contribution in [3.8, 4) is 0 Å². The summed E-state index contributed by atoms with van der Waals surface area (Å²) >= 11 is 2.09. The van der Waals surface area contributed by atoms with Crippen LogP contribution in [0.2, 0.25) is 0 Å². The Morgan fingerprint density at radius 3 is 2.53 bits per heavy atom. The fourth-order valence-corrected chi connectivity index (χ4v) is 1.72. The lowest BCUT2D eigenvalue weighted by Crippen LogP contribution is -2.37. The van der Waals surface area contributed by atoms with Gasteiger partial charge in [-0.3, -0.25) is 0 Å². The van der Waals surface area contributed by atoms with Crippen LogP contribution >= 0.6 is 15.9 Å². The van der Waals surface area contributed by atoms with Gasteiger partial charge in [0, 0.05) is 6.04 Å². The average Bonchev–Trinajstić information content (AvgIpc) is 2.15. The third kappa shape index (κ3) is 5.92. The van der Waals surface area contributed by atoms with Gasteiger partial charge in [-0.25, -0.2) is 4.79 Å². The number of rotatable bonds is 3. The first-order valence-electron chi connectivity index (χ1n) is 4.97. The zero-order valence-corrected chi connectivity index (χ0v) is 9.86. The highest BCUT2D eigenvalue weighted by molar-refractivity contribution is 9.10. The normalized spacial score (nSPS) is 18.6. The quantitative estimate of drug-likeness (QED) is 0.810. The molecule has 1 N–H and O–H groups in total. The van der Waals surface area contributed by atoms with E-state index in [9.17, 15) is 13.6 Å². The van der Waals surface area contributed by atoms with E-state index in [1.54, 1.807) is 0 Å². The van der Waals surface area contributed by atoms with E-state index in [0.29, 0.717) is 0 Å². The van der Waals surface area contributed by atoms with Crippen LogP contribution < -0.4 is 5.32 Å². The van der Waals surface area contributed by atoms with Crippen molar-refractivity contribution in [2.45, 2.75) is 43.0 Å². The number of halogens is 3. The molecule has 0 spiro atoms. The molecular formula is C9H14BrF2NO2. The van der Waals surface area contributed by atoms with Crippen LogP contribution in [0.4, 0.5) is 13.6 Å². The molecule has 1 fully saturated rings. The topological polar surface area (TPSA) is 38.3 Å². The number of amides is 1. The van der Waals surface area contributed by atoms with Gasteiger partial charge in [0.05, 0.1) is 0 Å². The van der Waals surface area contributed by atoms with Crippen molar-refractivity contribution in [1.29, 1.82) is 0 Å². The second-order valence-corrected chi connectivity index (χ2v) is 4.83. The van der Waals surface area contributed by atoms with Crippen LogP contribution in [0.3, 0.4) is 0 Å². The summed E-state index contributed by atoms with van der Waals surface area (Å²) in [6, 6.07) is 0.0789. The summed E-state index contributed by atoms with van der Waals surface area (Å²) in [5.41, 5.74) is 0. The van der Waals surface area contributed by atoms with E-state index in [1.807, 2.05) is 0 Å². The summed E-state index contributed by atoms with van der Waals surface area (Å²) < 4.78 is 28.9. The fourth-order valence-electron chi connectivity index (χ4n) is 1.60. The highest BCUT2D eigenvalue weighted by atomic mass is 79.9. The first-order valence-corrected chi connectivity index (χ1v) is 5.77. The summed E-state index contributed by atoms with van der Waals surface area (Å²) in [4.78, 5) is 7.93. The maximum absolute atomic E-state index is 12.3. The molecule has 0 atom stereocenters. The van der Waals surface area contributed by atoms with Gasteiger partial charge in [-0.1, -0.05) is 19.3 Å². The molecule has 88 valence electrons. The smallest absolute Gasteiger partial charge is 0.407 e. The molecule has 0 aromatic carbocycles. The van der Waals surface area contributed by atoms with E-state index in [2.05, 4.69) is 26.0 Å². The van der Waals surface area contributed by atoms with Crippen LogP contribution in [0.15, 0.2) is 0 Å². The lowest BCUT2D eigenvalue weighted by Gasteiger charge is -2.22. The average molecular weight is 286 g/mol. The number of carbonyl (C=O) groups excluding carboxylic acids is 1. The molecule has 0 aromatic rings. The number of alkyl carbamates (subject to hydrolysis) is 1. The lowest BCUT2D eigenvalue weighted by atomic mass is 9.96. The van der Waals surface area contributed by atoms with E-state index in [1.165, 1.54) is 6.42 Å². The first-order chi connectivity index (χ1) is 6.97. The van der Waals surface area contributed by atoms with Gasteiger partial charge in [0.1, 0.15) is 0 Å². The molecule has 0 aliphatic heterocycles. The predicted molar refractivity (Wildman–Crippen MR) is 55.2 cm³/mol. The van der Waals surface area contributed by atoms with Crippen molar-refractivity contribution < 1.29 is 18.3 Å². The van der Waals surface area contributed by atoms with Crippen LogP contribution in [0.1, 0.15) is 32.1 Å². The molecule has 0 aromatic heterocycles. The molecule has 1 amide bonds. The fraction of sp³-hybridized carbons (Fsp3) is 0.889. The minimum absolute atomic E-state index is 0.0789. The van der Waals surface area contributed by atoms with Crippen LogP contribution in [0.5, 0.6) is 0 Å². The third-order valence-electron chi connectivity index (χ3n) is 2.29. The third-order valence-corrected chi connectivity index (χ3v) is 2.52. The minimum Gasteiger partial charge on any atom is -0.442 e. The monoisotopic (exact) mass is 285 g/mol. The summed E-state index contributed by atoms with van der Waals surface area (Å²) in [7, 11) is 0. The van der Waals surface area contributed by atoms with E-state index in [-0.39, 0.29) is 6.04 Å². The van der Waals surface area contributed by atoms with E-state index >= 15 is 0 Å². The zero-order valence-electron chi connectivity index (χ0n) is 8.27. The van der Waals surface area contributed by atoms with E-state index < -0.39 is 17.5 Å². The highest BCUT2D eigenvalue weighted by Crippen LogP contribution is 2.22. The largest absolute Gasteiger partial charge is 0.442 e. The van der Waals surface area contributed by atoms with Gasteiger partial charge in [-0.05, 0) is 28.8 Å². The molecule has 3 nitrogen and oxygen atoms in total. The molecule has 0 bridgehead atoms. The molecule has 0 radical (unpaired) electrons. The van der Waals surface area contributed by atoms with Crippen LogP contribution in [0.25, 0.3) is 0 Å². The molecule has 1 saturated carbocycles. The molecule has 1 rings (SSSR count). The zero-order chi connectivity index (χ0) is 11.3. The number of ether oxygens (including phenoxy) is 1. The molecule has 6 heteroatoms. The van der Waals surface area contributed by atoms with Gasteiger partial charge in [-0.2, -0.15) is 8.78 Å². The van der Waals surface area contributed by atoms with Crippen LogP contribution in [-0.2, 0) is 4.74 Å². The summed E-state index contributed by atoms with van der Waals surface area (Å²) in [6.07, 6.45) is 4.35. The number of hydrogen-bond acceptors (Lipinski definition) is 2. The summed E-state index contributed by atoms with van der Waals surface area (Å²) in [5.74, 6) is 0. The Morgan fingerprint density at radius 1 is 1.40 bits per heavy atom. The van der Waals surface area contributed by atoms with Gasteiger partial charge in [0.15, 0.2) is 6.61 Å². The first kappa shape index (κ1) is 12.7. The maximum atomic E-state index is 12.3. The van der Waals surface area contributed by atoms with Gasteiger partial charge in [-0.15, -0.1) is 0 Å². The standard InChI is InChI=1S/C9H14BrF2NO2/c10-9(11,12)6-15-8(14)13-7-4-2-1-3-5-7/h7H,1-6H2,(H,13,14). The van der Waals surface area contributed by atoms with Crippen molar-refractivity contribution in [1.82, 2.24) is 5.32 Å². The van der Waals surface area contributed by atoms with E-state index in [0.717, 1.165) is 25.7 Å². The van der Waals surface area contributed by atoms with Crippen LogP contribution in [-0.4, -0.2) is 23.6 Å². The van der Waals surface area contributed by atoms with Gasteiger partial charge >= 0.3 is 10.9 Å². The number of nitrogens with one attached hydrogen (secondary N) is 1. The molecular weight excluding hydrogens is 272 g/mol. The summed E-state index contributed by atoms with van der Waals surface area (Å²) in [5, 5.41) is 2.58. The molecule has 1 aliphatic rings. The Bertz CT molecular complexity index is 215. The highest BCUT2D eigenvalue weighted by Gasteiger charge is 2.26. The van der Waals surface area contributed by atoms with Crippen LogP contribution in [0, 0.1) is 0 Å². The molecule has 15 heavy (non-hydrogen) atoms. The van der Waals surface area contributed by atoms with E-state index in [4.69, 9.17) is 0 Å². The lowest BCUT2D eigenvalue weighted by molar-refractivity contribution is 0.0261. The van der Waals surface area contributed by atoms with Crippen molar-refractivity contribution in [2.24, 2.45) is 0 Å². The Morgan fingerprint density at radius 2 is 2.00 bits per heavy atom. The molecule has 0 heterocycles. The number of alkyl halides is 3. The van der Waals surface area contributed by atoms with Gasteiger partial charge in [0.25, 0.3) is 0 Å². The maximum Gasteiger partial charge on any atom is 0.407 e. The second kappa shape index (κ2) is 5.63. The number of carbonyl (C=O) groups is 1. The Labute approximate surface area is 95.7 Å². The van der Waals surface area contributed by atoms with Crippen molar-refractivity contribution in [3.05, 3.63) is 0 Å². The molecule has 1 aliphatic carbocycles. The Balaban J connectivity index is 2.17. The number of hydrogen-bond donors (Lipinski definition) is 1. The second-order valence-electron chi connectivity index (χ2n) is 3.67.